The molecule has 0 atom stereocenters. The van der Waals surface area contributed by atoms with Crippen LogP contribution < -0.4 is 0 Å². The van der Waals surface area contributed by atoms with Gasteiger partial charge in [-0.05, 0) is 12.1 Å². The molecule has 6 heteroatoms. The van der Waals surface area contributed by atoms with Gasteiger partial charge < -0.3 is 10.2 Å². The molecule has 0 aliphatic heterocycles. The molecule has 0 bridgehead atoms. The van der Waals surface area contributed by atoms with Crippen LogP contribution in [0.15, 0.2) is 24.3 Å². The zero-order valence-corrected chi connectivity index (χ0v) is 6.85. The number of phenolic OH excluding ortho intramolecular Hbond substituents is 2. The van der Waals surface area contributed by atoms with Gasteiger partial charge in [-0.1, -0.05) is 6.07 Å². The minimum atomic E-state index is -2.87. The van der Waals surface area contributed by atoms with E-state index in [1.165, 1.54) is 18.2 Å². The zero-order chi connectivity index (χ0) is 9.56. The Bertz CT molecular complexity index is 241. The van der Waals surface area contributed by atoms with E-state index in [2.05, 4.69) is 0 Å². The maximum absolute atomic E-state index is 8.70. The lowest BCUT2D eigenvalue weighted by Gasteiger charge is -1.89. The Labute approximate surface area is 69.5 Å². The molecule has 0 heterocycles. The fraction of sp³-hybridized carbons (Fsp3) is 0. The van der Waals surface area contributed by atoms with Crippen molar-refractivity contribution in [3.63, 3.8) is 0 Å². The van der Waals surface area contributed by atoms with E-state index in [1.54, 1.807) is 6.07 Å². The molecule has 0 saturated carbocycles. The summed E-state index contributed by atoms with van der Waals surface area (Å²) < 4.78 is 8.70. The second-order valence-corrected chi connectivity index (χ2v) is 2.28. The summed E-state index contributed by atoms with van der Waals surface area (Å²) in [5, 5.41) is 17.3. The summed E-state index contributed by atoms with van der Waals surface area (Å²) in [6, 6.07) is 5.85. The molecule has 0 radical (unpaired) electrons. The van der Waals surface area contributed by atoms with Gasteiger partial charge in [0.05, 0.1) is 0 Å². The molecule has 4 N–H and O–H groups in total. The van der Waals surface area contributed by atoms with Gasteiger partial charge in [0.15, 0.2) is 0 Å². The number of aromatic hydroxyl groups is 2. The van der Waals surface area contributed by atoms with Crippen LogP contribution in [0, 0.1) is 0 Å². The van der Waals surface area contributed by atoms with E-state index in [0.717, 1.165) is 0 Å². The van der Waals surface area contributed by atoms with Crippen molar-refractivity contribution in [2.24, 2.45) is 0 Å². The summed E-state index contributed by atoms with van der Waals surface area (Å²) >= 11 is 0. The SMILES string of the molecule is O=[P+](O)O.Oc1cccc(O)c1. The van der Waals surface area contributed by atoms with Gasteiger partial charge >= 0.3 is 8.25 Å². The molecule has 12 heavy (non-hydrogen) atoms. The predicted molar refractivity (Wildman–Crippen MR) is 41.8 cm³/mol. The minimum Gasteiger partial charge on any atom is -0.508 e. The van der Waals surface area contributed by atoms with Crippen molar-refractivity contribution >= 4 is 8.25 Å². The summed E-state index contributed by atoms with van der Waals surface area (Å²) in [5.74, 6) is 0.176. The van der Waals surface area contributed by atoms with Gasteiger partial charge in [-0.25, -0.2) is 0 Å². The number of hydrogen-bond acceptors (Lipinski definition) is 3. The lowest BCUT2D eigenvalue weighted by atomic mass is 10.3. The van der Waals surface area contributed by atoms with Crippen molar-refractivity contribution in [2.75, 3.05) is 0 Å². The van der Waals surface area contributed by atoms with E-state index >= 15 is 0 Å². The maximum atomic E-state index is 8.70. The molecule has 0 spiro atoms. The first-order chi connectivity index (χ1) is 5.52. The Morgan fingerprint density at radius 1 is 1.08 bits per heavy atom. The largest absolute Gasteiger partial charge is 0.692 e. The van der Waals surface area contributed by atoms with Crippen molar-refractivity contribution in [3.05, 3.63) is 24.3 Å². The lowest BCUT2D eigenvalue weighted by Crippen LogP contribution is -1.61. The Kier molecular flexibility index (Phi) is 4.96. The van der Waals surface area contributed by atoms with E-state index in [9.17, 15) is 0 Å². The molecule has 0 saturated heterocycles. The van der Waals surface area contributed by atoms with Crippen LogP contribution in [0.5, 0.6) is 11.5 Å². The molecule has 1 aromatic carbocycles. The van der Waals surface area contributed by atoms with Crippen LogP contribution in [-0.4, -0.2) is 20.0 Å². The van der Waals surface area contributed by atoms with E-state index in [0.29, 0.717) is 0 Å². The summed E-state index contributed by atoms with van der Waals surface area (Å²) in [6.07, 6.45) is 0. The topological polar surface area (TPSA) is 98.0 Å². The highest BCUT2D eigenvalue weighted by Gasteiger charge is 1.93. The first kappa shape index (κ1) is 10.8. The zero-order valence-electron chi connectivity index (χ0n) is 5.95. The van der Waals surface area contributed by atoms with Crippen LogP contribution in [0.1, 0.15) is 0 Å². The van der Waals surface area contributed by atoms with Gasteiger partial charge in [0, 0.05) is 10.6 Å². The number of benzene rings is 1. The summed E-state index contributed by atoms with van der Waals surface area (Å²) in [5.41, 5.74) is 0. The molecule has 66 valence electrons. The molecule has 0 fully saturated rings. The van der Waals surface area contributed by atoms with Gasteiger partial charge in [-0.15, -0.1) is 9.79 Å². The third-order valence-electron chi connectivity index (χ3n) is 0.830. The molecule has 0 unspecified atom stereocenters. The number of hydrogen-bond donors (Lipinski definition) is 4. The van der Waals surface area contributed by atoms with Crippen molar-refractivity contribution in [1.29, 1.82) is 0 Å². The standard InChI is InChI=1S/C6H6O2.HO3P/c7-5-2-1-3-6(8)4-5;1-4(2)3/h1-4,7-8H;(H-,1,2,3)/p+1. The third kappa shape index (κ3) is 6.95. The van der Waals surface area contributed by atoms with Crippen molar-refractivity contribution in [2.45, 2.75) is 0 Å². The highest BCUT2D eigenvalue weighted by molar-refractivity contribution is 7.30. The first-order valence-electron chi connectivity index (χ1n) is 2.85. The van der Waals surface area contributed by atoms with E-state index < -0.39 is 8.25 Å². The van der Waals surface area contributed by atoms with Crippen molar-refractivity contribution in [1.82, 2.24) is 0 Å². The second kappa shape index (κ2) is 5.49. The minimum absolute atomic E-state index is 0.0880. The van der Waals surface area contributed by atoms with Crippen LogP contribution in [0.25, 0.3) is 0 Å². The Morgan fingerprint density at radius 2 is 1.42 bits per heavy atom. The molecule has 0 aliphatic carbocycles. The molecule has 1 aromatic rings. The molecule has 5 nitrogen and oxygen atoms in total. The quantitative estimate of drug-likeness (QED) is 0.453. The van der Waals surface area contributed by atoms with E-state index in [1.807, 2.05) is 0 Å². The highest BCUT2D eigenvalue weighted by Crippen LogP contribution is 2.14. The average molecular weight is 191 g/mol. The predicted octanol–water partition coefficient (Wildman–Crippen LogP) is 0.726. The fourth-order valence-electron chi connectivity index (χ4n) is 0.493. The van der Waals surface area contributed by atoms with Gasteiger partial charge in [0.2, 0.25) is 0 Å². The van der Waals surface area contributed by atoms with Crippen LogP contribution in [0.3, 0.4) is 0 Å². The molecule has 0 aromatic heterocycles. The summed E-state index contributed by atoms with van der Waals surface area (Å²) in [7, 11) is -2.87. The third-order valence-corrected chi connectivity index (χ3v) is 0.830. The van der Waals surface area contributed by atoms with Gasteiger partial charge in [-0.3, -0.25) is 0 Å². The smallest absolute Gasteiger partial charge is 0.508 e. The molecular formula is C6H8O5P+. The highest BCUT2D eigenvalue weighted by atomic mass is 31.1. The van der Waals surface area contributed by atoms with Gasteiger partial charge in [-0.2, -0.15) is 0 Å². The van der Waals surface area contributed by atoms with Crippen LogP contribution >= 0.6 is 8.25 Å². The Balaban J connectivity index is 0.000000261. The van der Waals surface area contributed by atoms with E-state index in [-0.39, 0.29) is 11.5 Å². The Hall–Kier alpha value is -1.16. The van der Waals surface area contributed by atoms with Crippen LogP contribution in [0.4, 0.5) is 0 Å². The van der Waals surface area contributed by atoms with Crippen LogP contribution in [0.2, 0.25) is 0 Å². The van der Waals surface area contributed by atoms with Crippen molar-refractivity contribution in [3.8, 4) is 11.5 Å². The van der Waals surface area contributed by atoms with Gasteiger partial charge in [0.1, 0.15) is 11.5 Å². The van der Waals surface area contributed by atoms with Crippen molar-refractivity contribution < 1.29 is 24.6 Å². The first-order valence-corrected chi connectivity index (χ1v) is 4.02. The molecule has 0 amide bonds. The lowest BCUT2D eigenvalue weighted by molar-refractivity contribution is 0.405. The summed E-state index contributed by atoms with van der Waals surface area (Å²) in [6.45, 7) is 0. The van der Waals surface area contributed by atoms with Gasteiger partial charge in [0.25, 0.3) is 0 Å². The molecular weight excluding hydrogens is 183 g/mol. The maximum Gasteiger partial charge on any atom is 0.692 e. The normalized spacial score (nSPS) is 8.17. The second-order valence-electron chi connectivity index (χ2n) is 1.77. The number of rotatable bonds is 0. The monoisotopic (exact) mass is 191 g/mol. The average Bonchev–Trinajstić information content (AvgIpc) is 1.84. The molecule has 0 aliphatic rings. The summed E-state index contributed by atoms with van der Waals surface area (Å²) in [4.78, 5) is 14.2. The molecule has 1 rings (SSSR count). The number of phenols is 2. The fourth-order valence-corrected chi connectivity index (χ4v) is 0.493. The Morgan fingerprint density at radius 3 is 1.58 bits per heavy atom. The van der Waals surface area contributed by atoms with E-state index in [4.69, 9.17) is 24.6 Å². The van der Waals surface area contributed by atoms with Crippen LogP contribution in [-0.2, 0) is 4.57 Å².